The number of nitrogens with one attached hydrogen (secondary N) is 2. The fourth-order valence-electron chi connectivity index (χ4n) is 3.74. The van der Waals surface area contributed by atoms with Gasteiger partial charge in [0.25, 0.3) is 0 Å². The Balaban J connectivity index is 1.43. The topological polar surface area (TPSA) is 62.0 Å². The third kappa shape index (κ3) is 4.79. The van der Waals surface area contributed by atoms with Crippen molar-refractivity contribution in [1.82, 2.24) is 10.3 Å². The number of benzene rings is 1. The Kier molecular flexibility index (Phi) is 5.78. The third-order valence-electron chi connectivity index (χ3n) is 5.31. The molecule has 3 aromatic rings. The number of halogens is 3. The summed E-state index contributed by atoms with van der Waals surface area (Å²) in [6.45, 7) is 0.695. The highest BCUT2D eigenvalue weighted by Crippen LogP contribution is 2.33. The lowest BCUT2D eigenvalue weighted by Gasteiger charge is -2.23. The van der Waals surface area contributed by atoms with Crippen LogP contribution in [0, 0.1) is 0 Å². The molecule has 2 N–H and O–H groups in total. The highest BCUT2D eigenvalue weighted by molar-refractivity contribution is 7.90. The monoisotopic (exact) mass is 454 g/mol. The van der Waals surface area contributed by atoms with E-state index in [4.69, 9.17) is 0 Å². The summed E-state index contributed by atoms with van der Waals surface area (Å²) in [5, 5.41) is 5.64. The van der Waals surface area contributed by atoms with Gasteiger partial charge in [-0.2, -0.15) is 13.2 Å². The lowest BCUT2D eigenvalue weighted by Crippen LogP contribution is -2.34. The standard InChI is InChI=1S/C21H21F3N2O2S2/c22-21(23,24)16-3-4-19-18(11-16)15(12-26-19)13-30(27,28)9-6-17-10-14(5-7-25-17)20-2-1-8-29-20/h1-5,8,11-12,17,25-26H,6-7,9-10,13H2. The summed E-state index contributed by atoms with van der Waals surface area (Å²) >= 11 is 1.66. The average molecular weight is 455 g/mol. The molecule has 0 aliphatic carbocycles. The summed E-state index contributed by atoms with van der Waals surface area (Å²) in [4.78, 5) is 4.06. The molecule has 1 atom stereocenters. The second-order valence-electron chi connectivity index (χ2n) is 7.47. The van der Waals surface area contributed by atoms with Crippen molar-refractivity contribution in [2.45, 2.75) is 30.8 Å². The molecule has 0 amide bonds. The maximum Gasteiger partial charge on any atom is 0.416 e. The summed E-state index contributed by atoms with van der Waals surface area (Å²) in [7, 11) is -3.47. The van der Waals surface area contributed by atoms with Crippen molar-refractivity contribution < 1.29 is 21.6 Å². The summed E-state index contributed by atoms with van der Waals surface area (Å²) in [5.41, 5.74) is 1.30. The molecule has 1 aromatic carbocycles. The minimum atomic E-state index is -4.47. The summed E-state index contributed by atoms with van der Waals surface area (Å²) in [6.07, 6.45) is 0.362. The van der Waals surface area contributed by atoms with E-state index in [9.17, 15) is 21.6 Å². The lowest BCUT2D eigenvalue weighted by molar-refractivity contribution is -0.137. The summed E-state index contributed by atoms with van der Waals surface area (Å²) in [6, 6.07) is 7.44. The Morgan fingerprint density at radius 3 is 2.77 bits per heavy atom. The first-order valence-corrected chi connectivity index (χ1v) is 12.3. The molecule has 0 saturated heterocycles. The molecular weight excluding hydrogens is 433 g/mol. The number of hydrogen-bond donors (Lipinski definition) is 2. The van der Waals surface area contributed by atoms with Crippen molar-refractivity contribution in [2.75, 3.05) is 12.3 Å². The van der Waals surface area contributed by atoms with Crippen LogP contribution in [0.2, 0.25) is 0 Å². The van der Waals surface area contributed by atoms with Crippen LogP contribution in [-0.4, -0.2) is 31.7 Å². The zero-order chi connectivity index (χ0) is 21.4. The van der Waals surface area contributed by atoms with E-state index in [2.05, 4.69) is 22.4 Å². The molecule has 1 aliphatic heterocycles. The predicted octanol–water partition coefficient (Wildman–Crippen LogP) is 5.00. The van der Waals surface area contributed by atoms with Gasteiger partial charge in [-0.3, -0.25) is 0 Å². The van der Waals surface area contributed by atoms with Crippen LogP contribution in [-0.2, 0) is 21.8 Å². The molecule has 160 valence electrons. The second-order valence-corrected chi connectivity index (χ2v) is 10.6. The maximum absolute atomic E-state index is 13.0. The van der Waals surface area contributed by atoms with E-state index < -0.39 is 21.6 Å². The Bertz CT molecular complexity index is 1160. The zero-order valence-electron chi connectivity index (χ0n) is 16.0. The van der Waals surface area contributed by atoms with E-state index in [0.717, 1.165) is 18.6 Å². The van der Waals surface area contributed by atoms with Crippen LogP contribution in [0.3, 0.4) is 0 Å². The van der Waals surface area contributed by atoms with E-state index >= 15 is 0 Å². The Hall–Kier alpha value is -2.10. The van der Waals surface area contributed by atoms with Gasteiger partial charge in [-0.1, -0.05) is 12.1 Å². The number of rotatable bonds is 6. The molecule has 1 aliphatic rings. The normalized spacial score (nSPS) is 18.0. The molecule has 0 spiro atoms. The van der Waals surface area contributed by atoms with Crippen molar-refractivity contribution in [3.8, 4) is 0 Å². The Labute approximate surface area is 176 Å². The summed E-state index contributed by atoms with van der Waals surface area (Å²) in [5.74, 6) is -0.303. The number of fused-ring (bicyclic) bond motifs is 1. The minimum absolute atomic E-state index is 0.0198. The molecule has 0 saturated carbocycles. The fraction of sp³-hybridized carbons (Fsp3) is 0.333. The third-order valence-corrected chi connectivity index (χ3v) is 7.86. The van der Waals surface area contributed by atoms with Crippen LogP contribution < -0.4 is 5.32 Å². The van der Waals surface area contributed by atoms with Gasteiger partial charge in [0, 0.05) is 34.6 Å². The number of sulfone groups is 1. The first-order valence-electron chi connectivity index (χ1n) is 9.55. The minimum Gasteiger partial charge on any atom is -0.361 e. The van der Waals surface area contributed by atoms with E-state index in [0.29, 0.717) is 29.4 Å². The fourth-order valence-corrected chi connectivity index (χ4v) is 6.02. The van der Waals surface area contributed by atoms with Crippen LogP contribution in [0.25, 0.3) is 16.5 Å². The van der Waals surface area contributed by atoms with Gasteiger partial charge in [0.05, 0.1) is 17.1 Å². The molecule has 4 nitrogen and oxygen atoms in total. The molecule has 30 heavy (non-hydrogen) atoms. The van der Waals surface area contributed by atoms with E-state index in [1.807, 2.05) is 11.4 Å². The lowest BCUT2D eigenvalue weighted by atomic mass is 9.99. The van der Waals surface area contributed by atoms with Crippen molar-refractivity contribution in [3.05, 3.63) is 64.0 Å². The first-order chi connectivity index (χ1) is 14.2. The molecule has 9 heteroatoms. The van der Waals surface area contributed by atoms with Gasteiger partial charge in [-0.25, -0.2) is 8.42 Å². The van der Waals surface area contributed by atoms with Crippen LogP contribution in [0.15, 0.2) is 48.0 Å². The van der Waals surface area contributed by atoms with E-state index in [-0.39, 0.29) is 17.5 Å². The van der Waals surface area contributed by atoms with Gasteiger partial charge in [-0.15, -0.1) is 11.3 Å². The van der Waals surface area contributed by atoms with Crippen molar-refractivity contribution in [3.63, 3.8) is 0 Å². The van der Waals surface area contributed by atoms with Gasteiger partial charge < -0.3 is 10.3 Å². The first kappa shape index (κ1) is 21.1. The smallest absolute Gasteiger partial charge is 0.361 e. The highest BCUT2D eigenvalue weighted by Gasteiger charge is 2.31. The number of alkyl halides is 3. The Morgan fingerprint density at radius 2 is 2.03 bits per heavy atom. The van der Waals surface area contributed by atoms with Gasteiger partial charge in [0.2, 0.25) is 0 Å². The maximum atomic E-state index is 13.0. The molecule has 0 radical (unpaired) electrons. The van der Waals surface area contributed by atoms with E-state index in [1.54, 1.807) is 11.3 Å². The second kappa shape index (κ2) is 8.20. The molecule has 1 unspecified atom stereocenters. The highest BCUT2D eigenvalue weighted by atomic mass is 32.2. The van der Waals surface area contributed by atoms with Gasteiger partial charge in [-0.05, 0) is 53.6 Å². The van der Waals surface area contributed by atoms with Gasteiger partial charge >= 0.3 is 6.18 Å². The predicted molar refractivity (Wildman–Crippen MR) is 114 cm³/mol. The van der Waals surface area contributed by atoms with Crippen LogP contribution >= 0.6 is 11.3 Å². The van der Waals surface area contributed by atoms with Gasteiger partial charge in [0.1, 0.15) is 0 Å². The van der Waals surface area contributed by atoms with Gasteiger partial charge in [0.15, 0.2) is 9.84 Å². The molecule has 0 bridgehead atoms. The molecule has 3 heterocycles. The number of thiophene rings is 1. The van der Waals surface area contributed by atoms with Crippen molar-refractivity contribution in [1.29, 1.82) is 0 Å². The van der Waals surface area contributed by atoms with E-state index in [1.165, 1.54) is 22.7 Å². The molecule has 2 aromatic heterocycles. The average Bonchev–Trinajstić information content (AvgIpc) is 3.36. The SMILES string of the molecule is O=S(=O)(CCC1CC(c2cccs2)=CCN1)Cc1c[nH]c2ccc(C(F)(F)F)cc12. The molecule has 0 fully saturated rings. The van der Waals surface area contributed by atoms with Crippen LogP contribution in [0.5, 0.6) is 0 Å². The largest absolute Gasteiger partial charge is 0.416 e. The Morgan fingerprint density at radius 1 is 1.20 bits per heavy atom. The number of H-pyrrole nitrogens is 1. The molecule has 4 rings (SSSR count). The number of hydrogen-bond acceptors (Lipinski definition) is 4. The van der Waals surface area contributed by atoms with Crippen LogP contribution in [0.1, 0.15) is 28.8 Å². The summed E-state index contributed by atoms with van der Waals surface area (Å²) < 4.78 is 64.4. The number of aromatic nitrogens is 1. The van der Waals surface area contributed by atoms with Crippen molar-refractivity contribution >= 4 is 37.7 Å². The number of aromatic amines is 1. The molecular formula is C21H21F3N2O2S2. The van der Waals surface area contributed by atoms with Crippen molar-refractivity contribution in [2.24, 2.45) is 0 Å². The zero-order valence-corrected chi connectivity index (χ0v) is 17.6. The quantitative estimate of drug-likeness (QED) is 0.551. The van der Waals surface area contributed by atoms with Crippen LogP contribution in [0.4, 0.5) is 13.2 Å².